The van der Waals surface area contributed by atoms with E-state index in [0.29, 0.717) is 17.9 Å². The van der Waals surface area contributed by atoms with Crippen LogP contribution in [0.1, 0.15) is 31.2 Å². The summed E-state index contributed by atoms with van der Waals surface area (Å²) in [6.45, 7) is 1.05. The van der Waals surface area contributed by atoms with E-state index >= 15 is 0 Å². The molecule has 0 spiro atoms. The number of rotatable bonds is 2. The van der Waals surface area contributed by atoms with Gasteiger partial charge in [0, 0.05) is 31.5 Å². The Bertz CT molecular complexity index is 344. The van der Waals surface area contributed by atoms with Gasteiger partial charge < -0.3 is 0 Å². The second kappa shape index (κ2) is 3.72. The van der Waals surface area contributed by atoms with Gasteiger partial charge in [0.15, 0.2) is 0 Å². The molecular formula is C12H15NOS. The highest BCUT2D eigenvalue weighted by Gasteiger charge is 2.39. The molecule has 0 saturated carbocycles. The van der Waals surface area contributed by atoms with Crippen LogP contribution in [0.4, 0.5) is 0 Å². The zero-order chi connectivity index (χ0) is 10.3. The molecule has 1 aromatic heterocycles. The highest BCUT2D eigenvalue weighted by molar-refractivity contribution is 7.07. The molecule has 15 heavy (non-hydrogen) atoms. The molecule has 0 radical (unpaired) electrons. The maximum atomic E-state index is 11.4. The summed E-state index contributed by atoms with van der Waals surface area (Å²) >= 11 is 1.76. The van der Waals surface area contributed by atoms with Gasteiger partial charge in [-0.1, -0.05) is 0 Å². The number of hydrogen-bond donors (Lipinski definition) is 0. The maximum absolute atomic E-state index is 11.4. The maximum Gasteiger partial charge on any atom is 0.136 e. The molecule has 2 fully saturated rings. The summed E-state index contributed by atoms with van der Waals surface area (Å²) in [5.74, 6) is 0.476. The van der Waals surface area contributed by atoms with E-state index in [9.17, 15) is 4.79 Å². The van der Waals surface area contributed by atoms with Gasteiger partial charge in [0.2, 0.25) is 0 Å². The lowest BCUT2D eigenvalue weighted by molar-refractivity contribution is -0.123. The Hall–Kier alpha value is -0.670. The largest absolute Gasteiger partial charge is 0.300 e. The molecule has 0 aliphatic carbocycles. The standard InChI is InChI=1S/C12H15NOS/c14-12-5-10-1-2-11(6-12)13(10)7-9-3-4-15-8-9/h3-4,8,10-11H,1-2,5-7H2. The lowest BCUT2D eigenvalue weighted by Gasteiger charge is -2.33. The molecule has 2 nitrogen and oxygen atoms in total. The van der Waals surface area contributed by atoms with Crippen LogP contribution in [0.25, 0.3) is 0 Å². The molecule has 3 rings (SSSR count). The quantitative estimate of drug-likeness (QED) is 0.764. The zero-order valence-electron chi connectivity index (χ0n) is 8.69. The highest BCUT2D eigenvalue weighted by atomic mass is 32.1. The molecule has 2 atom stereocenters. The zero-order valence-corrected chi connectivity index (χ0v) is 9.50. The monoisotopic (exact) mass is 221 g/mol. The first kappa shape index (κ1) is 9.55. The molecule has 1 aromatic rings. The fourth-order valence-electron chi connectivity index (χ4n) is 2.91. The van der Waals surface area contributed by atoms with Crippen molar-refractivity contribution in [3.05, 3.63) is 22.4 Å². The van der Waals surface area contributed by atoms with Crippen molar-refractivity contribution in [2.75, 3.05) is 0 Å². The summed E-state index contributed by atoms with van der Waals surface area (Å²) in [5, 5.41) is 4.35. The van der Waals surface area contributed by atoms with E-state index in [4.69, 9.17) is 0 Å². The van der Waals surface area contributed by atoms with Gasteiger partial charge in [0.05, 0.1) is 0 Å². The Morgan fingerprint density at radius 3 is 2.67 bits per heavy atom. The van der Waals surface area contributed by atoms with Crippen LogP contribution in [0.2, 0.25) is 0 Å². The predicted octanol–water partition coefficient (Wildman–Crippen LogP) is 2.44. The van der Waals surface area contributed by atoms with Crippen molar-refractivity contribution >= 4 is 17.1 Å². The summed E-state index contributed by atoms with van der Waals surface area (Å²) in [6, 6.07) is 3.27. The molecule has 2 bridgehead atoms. The number of Topliss-reactive ketones (excluding diaryl/α,β-unsaturated/α-hetero) is 1. The number of hydrogen-bond acceptors (Lipinski definition) is 3. The first-order chi connectivity index (χ1) is 7.33. The number of thiophene rings is 1. The van der Waals surface area contributed by atoms with Crippen LogP contribution in [0, 0.1) is 0 Å². The molecule has 0 N–H and O–H groups in total. The van der Waals surface area contributed by atoms with Crippen LogP contribution in [0.5, 0.6) is 0 Å². The minimum atomic E-state index is 0.476. The summed E-state index contributed by atoms with van der Waals surface area (Å²) < 4.78 is 0. The summed E-state index contributed by atoms with van der Waals surface area (Å²) in [7, 11) is 0. The third-order valence-corrected chi connectivity index (χ3v) is 4.38. The molecule has 80 valence electrons. The Morgan fingerprint density at radius 2 is 2.07 bits per heavy atom. The van der Waals surface area contributed by atoms with Crippen LogP contribution >= 0.6 is 11.3 Å². The summed E-state index contributed by atoms with van der Waals surface area (Å²) in [6.07, 6.45) is 4.03. The number of piperidine rings is 1. The van der Waals surface area contributed by atoms with Crippen molar-refractivity contribution in [3.63, 3.8) is 0 Å². The number of ketones is 1. The molecule has 2 saturated heterocycles. The molecular weight excluding hydrogens is 206 g/mol. The van der Waals surface area contributed by atoms with Gasteiger partial charge in [-0.25, -0.2) is 0 Å². The second-order valence-electron chi connectivity index (χ2n) is 4.64. The van der Waals surface area contributed by atoms with Gasteiger partial charge in [0.1, 0.15) is 5.78 Å². The minimum absolute atomic E-state index is 0.476. The number of carbonyl (C=O) groups is 1. The van der Waals surface area contributed by atoms with E-state index < -0.39 is 0 Å². The molecule has 2 aliphatic rings. The van der Waals surface area contributed by atoms with E-state index in [-0.39, 0.29) is 0 Å². The first-order valence-corrected chi connectivity index (χ1v) is 6.56. The average Bonchev–Trinajstić information content (AvgIpc) is 2.77. The van der Waals surface area contributed by atoms with Crippen molar-refractivity contribution in [2.24, 2.45) is 0 Å². The Labute approximate surface area is 93.9 Å². The van der Waals surface area contributed by atoms with Crippen molar-refractivity contribution < 1.29 is 4.79 Å². The smallest absolute Gasteiger partial charge is 0.136 e. The summed E-state index contributed by atoms with van der Waals surface area (Å²) in [5.41, 5.74) is 1.41. The highest BCUT2D eigenvalue weighted by Crippen LogP contribution is 2.35. The Morgan fingerprint density at radius 1 is 1.33 bits per heavy atom. The van der Waals surface area contributed by atoms with E-state index in [0.717, 1.165) is 19.4 Å². The molecule has 3 heteroatoms. The first-order valence-electron chi connectivity index (χ1n) is 5.61. The Kier molecular flexibility index (Phi) is 2.37. The normalized spacial score (nSPS) is 31.1. The fourth-order valence-corrected chi connectivity index (χ4v) is 3.57. The van der Waals surface area contributed by atoms with Crippen molar-refractivity contribution in [2.45, 2.75) is 44.3 Å². The van der Waals surface area contributed by atoms with Crippen LogP contribution in [-0.4, -0.2) is 22.8 Å². The second-order valence-corrected chi connectivity index (χ2v) is 5.42. The van der Waals surface area contributed by atoms with E-state index in [1.807, 2.05) is 0 Å². The van der Waals surface area contributed by atoms with Crippen LogP contribution in [0.15, 0.2) is 16.8 Å². The SMILES string of the molecule is O=C1CC2CCC(C1)N2Cc1ccsc1. The van der Waals surface area contributed by atoms with Crippen LogP contribution in [0.3, 0.4) is 0 Å². The number of carbonyl (C=O) groups excluding carboxylic acids is 1. The number of fused-ring (bicyclic) bond motifs is 2. The van der Waals surface area contributed by atoms with Crippen molar-refractivity contribution in [1.82, 2.24) is 4.90 Å². The fraction of sp³-hybridized carbons (Fsp3) is 0.583. The molecule has 2 unspecified atom stereocenters. The van der Waals surface area contributed by atoms with Crippen LogP contribution in [-0.2, 0) is 11.3 Å². The van der Waals surface area contributed by atoms with Gasteiger partial charge in [0.25, 0.3) is 0 Å². The predicted molar refractivity (Wildman–Crippen MR) is 60.9 cm³/mol. The van der Waals surface area contributed by atoms with Crippen molar-refractivity contribution in [1.29, 1.82) is 0 Å². The molecule has 3 heterocycles. The lowest BCUT2D eigenvalue weighted by Crippen LogP contribution is -2.42. The minimum Gasteiger partial charge on any atom is -0.300 e. The van der Waals surface area contributed by atoms with Gasteiger partial charge in [-0.2, -0.15) is 11.3 Å². The lowest BCUT2D eigenvalue weighted by atomic mass is 10.0. The van der Waals surface area contributed by atoms with E-state index in [2.05, 4.69) is 21.7 Å². The third-order valence-electron chi connectivity index (χ3n) is 3.64. The Balaban J connectivity index is 1.75. The van der Waals surface area contributed by atoms with Crippen molar-refractivity contribution in [3.8, 4) is 0 Å². The van der Waals surface area contributed by atoms with E-state index in [1.54, 1.807) is 11.3 Å². The van der Waals surface area contributed by atoms with E-state index in [1.165, 1.54) is 18.4 Å². The third kappa shape index (κ3) is 1.74. The molecule has 2 aliphatic heterocycles. The van der Waals surface area contributed by atoms with Gasteiger partial charge in [-0.15, -0.1) is 0 Å². The van der Waals surface area contributed by atoms with Gasteiger partial charge >= 0.3 is 0 Å². The molecule has 0 aromatic carbocycles. The molecule has 0 amide bonds. The van der Waals surface area contributed by atoms with Gasteiger partial charge in [-0.3, -0.25) is 9.69 Å². The number of nitrogens with zero attached hydrogens (tertiary/aromatic N) is 1. The van der Waals surface area contributed by atoms with Gasteiger partial charge in [-0.05, 0) is 35.2 Å². The topological polar surface area (TPSA) is 20.3 Å². The summed E-state index contributed by atoms with van der Waals surface area (Å²) in [4.78, 5) is 14.0. The van der Waals surface area contributed by atoms with Crippen LogP contribution < -0.4 is 0 Å². The average molecular weight is 221 g/mol.